The lowest BCUT2D eigenvalue weighted by Crippen LogP contribution is -2.22. The summed E-state index contributed by atoms with van der Waals surface area (Å²) >= 11 is 0. The fourth-order valence-corrected chi connectivity index (χ4v) is 4.82. The van der Waals surface area contributed by atoms with Crippen LogP contribution in [0.3, 0.4) is 0 Å². The highest BCUT2D eigenvalue weighted by atomic mass is 32.2. The number of benzene rings is 3. The quantitative estimate of drug-likeness (QED) is 0.307. The van der Waals surface area contributed by atoms with Crippen molar-refractivity contribution < 1.29 is 26.4 Å². The van der Waals surface area contributed by atoms with Crippen LogP contribution in [0.1, 0.15) is 16.8 Å². The van der Waals surface area contributed by atoms with Gasteiger partial charge in [0.25, 0.3) is 10.0 Å². The van der Waals surface area contributed by atoms with E-state index in [9.17, 15) is 26.4 Å². The van der Waals surface area contributed by atoms with E-state index in [1.165, 1.54) is 36.4 Å². The Labute approximate surface area is 217 Å². The Kier molecular flexibility index (Phi) is 7.29. The van der Waals surface area contributed by atoms with Crippen molar-refractivity contribution in [3.8, 4) is 16.9 Å². The monoisotopic (exact) mass is 543 g/mol. The summed E-state index contributed by atoms with van der Waals surface area (Å²) in [5, 5.41) is 6.32. The van der Waals surface area contributed by atoms with Gasteiger partial charge < -0.3 is 11.1 Å². The minimum Gasteiger partial charge on any atom is -0.325 e. The van der Waals surface area contributed by atoms with Crippen LogP contribution in [0.15, 0.2) is 77.7 Å². The van der Waals surface area contributed by atoms with Crippen LogP contribution in [0.4, 0.5) is 24.5 Å². The number of alkyl halides is 3. The van der Waals surface area contributed by atoms with E-state index >= 15 is 0 Å². The van der Waals surface area contributed by atoms with Gasteiger partial charge in [-0.05, 0) is 74.0 Å². The summed E-state index contributed by atoms with van der Waals surface area (Å²) in [7, 11) is -4.05. The average Bonchev–Trinajstić information content (AvgIpc) is 3.31. The normalized spacial score (nSPS) is 11.8. The molecule has 0 saturated carbocycles. The highest BCUT2D eigenvalue weighted by Gasteiger charge is 2.35. The molecule has 0 spiro atoms. The molecule has 1 heterocycles. The molecule has 4 aromatic rings. The van der Waals surface area contributed by atoms with Gasteiger partial charge in [-0.2, -0.15) is 18.3 Å². The van der Waals surface area contributed by atoms with E-state index in [0.29, 0.717) is 11.3 Å². The molecule has 0 bridgehead atoms. The highest BCUT2D eigenvalue weighted by molar-refractivity contribution is 7.92. The molecule has 4 N–H and O–H groups in total. The molecule has 3 aromatic carbocycles. The average molecular weight is 544 g/mol. The predicted octanol–water partition coefficient (Wildman–Crippen LogP) is 4.87. The van der Waals surface area contributed by atoms with Gasteiger partial charge in [-0.1, -0.05) is 23.8 Å². The number of amides is 1. The first kappa shape index (κ1) is 26.9. The third-order valence-corrected chi connectivity index (χ3v) is 7.04. The van der Waals surface area contributed by atoms with Gasteiger partial charge in [0.1, 0.15) is 0 Å². The Hall–Kier alpha value is -4.16. The van der Waals surface area contributed by atoms with Crippen LogP contribution in [0.25, 0.3) is 16.9 Å². The molecule has 1 aromatic heterocycles. The van der Waals surface area contributed by atoms with E-state index < -0.39 is 27.8 Å². The first-order valence-corrected chi connectivity index (χ1v) is 12.8. The molecule has 198 valence electrons. The van der Waals surface area contributed by atoms with Crippen molar-refractivity contribution in [1.29, 1.82) is 0 Å². The first-order valence-electron chi connectivity index (χ1n) is 11.4. The van der Waals surface area contributed by atoms with Crippen LogP contribution in [0.2, 0.25) is 0 Å². The van der Waals surface area contributed by atoms with Crippen molar-refractivity contribution in [1.82, 2.24) is 9.78 Å². The van der Waals surface area contributed by atoms with E-state index in [2.05, 4.69) is 15.1 Å². The SMILES string of the molecule is Cc1ccc(C)c(-c2cc(C(F)(F)F)nn2-c2ccc(S(=O)(=O)Nc3cccc(NC(=O)CN)c3)cc2)c1. The van der Waals surface area contributed by atoms with E-state index in [1.807, 2.05) is 19.1 Å². The molecule has 38 heavy (non-hydrogen) atoms. The molecule has 0 unspecified atom stereocenters. The molecule has 0 radical (unpaired) electrons. The number of nitrogens with zero attached hydrogens (tertiary/aromatic N) is 2. The topological polar surface area (TPSA) is 119 Å². The van der Waals surface area contributed by atoms with Gasteiger partial charge in [-0.3, -0.25) is 9.52 Å². The third-order valence-electron chi connectivity index (χ3n) is 5.64. The van der Waals surface area contributed by atoms with Gasteiger partial charge in [-0.25, -0.2) is 13.1 Å². The number of nitrogens with one attached hydrogen (secondary N) is 2. The highest BCUT2D eigenvalue weighted by Crippen LogP contribution is 2.35. The van der Waals surface area contributed by atoms with Crippen LogP contribution in [0, 0.1) is 13.8 Å². The minimum atomic E-state index is -4.66. The molecule has 8 nitrogen and oxygen atoms in total. The minimum absolute atomic E-state index is 0.117. The number of halogens is 3. The number of aromatic nitrogens is 2. The van der Waals surface area contributed by atoms with Crippen LogP contribution in [0.5, 0.6) is 0 Å². The van der Waals surface area contributed by atoms with E-state index in [1.54, 1.807) is 25.1 Å². The number of sulfonamides is 1. The summed E-state index contributed by atoms with van der Waals surface area (Å²) < 4.78 is 70.1. The molecule has 0 saturated heterocycles. The molecule has 4 rings (SSSR count). The fourth-order valence-electron chi connectivity index (χ4n) is 3.77. The molecule has 0 aliphatic heterocycles. The molecule has 0 fully saturated rings. The van der Waals surface area contributed by atoms with E-state index in [0.717, 1.165) is 21.9 Å². The lowest BCUT2D eigenvalue weighted by molar-refractivity contribution is -0.141. The van der Waals surface area contributed by atoms with Gasteiger partial charge in [-0.15, -0.1) is 0 Å². The molecule has 1 amide bonds. The van der Waals surface area contributed by atoms with Gasteiger partial charge in [0.05, 0.1) is 28.5 Å². The van der Waals surface area contributed by atoms with Crippen molar-refractivity contribution in [2.75, 3.05) is 16.6 Å². The summed E-state index contributed by atoms with van der Waals surface area (Å²) in [5.74, 6) is -0.437. The maximum absolute atomic E-state index is 13.5. The Bertz CT molecular complexity index is 1600. The van der Waals surface area contributed by atoms with E-state index in [-0.39, 0.29) is 28.5 Å². The Morgan fingerprint density at radius 1 is 0.974 bits per heavy atom. The van der Waals surface area contributed by atoms with Crippen LogP contribution >= 0.6 is 0 Å². The summed E-state index contributed by atoms with van der Waals surface area (Å²) in [6.45, 7) is 3.40. The van der Waals surface area contributed by atoms with Crippen molar-refractivity contribution in [2.45, 2.75) is 24.9 Å². The van der Waals surface area contributed by atoms with Crippen LogP contribution < -0.4 is 15.8 Å². The number of aryl methyl sites for hydroxylation is 2. The second kappa shape index (κ2) is 10.3. The fraction of sp³-hybridized carbons (Fsp3) is 0.154. The van der Waals surface area contributed by atoms with E-state index in [4.69, 9.17) is 5.73 Å². The second-order valence-electron chi connectivity index (χ2n) is 8.58. The summed E-state index contributed by atoms with van der Waals surface area (Å²) in [5.41, 5.74) is 7.46. The van der Waals surface area contributed by atoms with Gasteiger partial charge in [0.2, 0.25) is 5.91 Å². The number of nitrogens with two attached hydrogens (primary N) is 1. The van der Waals surface area contributed by atoms with Crippen molar-refractivity contribution in [2.24, 2.45) is 5.73 Å². The molecule has 0 aliphatic rings. The van der Waals surface area contributed by atoms with Crippen LogP contribution in [-0.4, -0.2) is 30.7 Å². The Balaban J connectivity index is 1.67. The van der Waals surface area contributed by atoms with Gasteiger partial charge >= 0.3 is 6.18 Å². The maximum Gasteiger partial charge on any atom is 0.435 e. The lowest BCUT2D eigenvalue weighted by Gasteiger charge is -2.13. The number of carbonyl (C=O) groups excluding carboxylic acids is 1. The molecular formula is C26H24F3N5O3S. The largest absolute Gasteiger partial charge is 0.435 e. The number of hydrogen-bond acceptors (Lipinski definition) is 5. The summed E-state index contributed by atoms with van der Waals surface area (Å²) in [4.78, 5) is 11.4. The zero-order valence-corrected chi connectivity index (χ0v) is 21.2. The standard InChI is InChI=1S/C26H24F3N5O3S/c1-16-6-7-17(2)22(12-16)23-14-24(26(27,28)29)32-34(23)20-8-10-21(11-9-20)38(36,37)33-19-5-3-4-18(13-19)31-25(35)15-30/h3-14,33H,15,30H2,1-2H3,(H,31,35). The summed E-state index contributed by atoms with van der Waals surface area (Å²) in [6.07, 6.45) is -4.66. The van der Waals surface area contributed by atoms with Crippen molar-refractivity contribution >= 4 is 27.3 Å². The Morgan fingerprint density at radius 3 is 2.32 bits per heavy atom. The number of rotatable bonds is 7. The first-order chi connectivity index (χ1) is 17.9. The molecule has 12 heteroatoms. The summed E-state index contributed by atoms with van der Waals surface area (Å²) in [6, 6.07) is 17.8. The zero-order chi connectivity index (χ0) is 27.7. The van der Waals surface area contributed by atoms with Crippen molar-refractivity contribution in [3.05, 3.63) is 89.6 Å². The van der Waals surface area contributed by atoms with Gasteiger partial charge in [0, 0.05) is 11.3 Å². The second-order valence-corrected chi connectivity index (χ2v) is 10.3. The molecule has 0 aliphatic carbocycles. The predicted molar refractivity (Wildman–Crippen MR) is 138 cm³/mol. The molecular weight excluding hydrogens is 519 g/mol. The number of carbonyl (C=O) groups is 1. The molecule has 0 atom stereocenters. The maximum atomic E-state index is 13.5. The third kappa shape index (κ3) is 5.87. The van der Waals surface area contributed by atoms with Crippen LogP contribution in [-0.2, 0) is 21.0 Å². The zero-order valence-electron chi connectivity index (χ0n) is 20.4. The smallest absolute Gasteiger partial charge is 0.325 e. The Morgan fingerprint density at radius 2 is 1.66 bits per heavy atom. The lowest BCUT2D eigenvalue weighted by atomic mass is 10.0. The van der Waals surface area contributed by atoms with Gasteiger partial charge in [0.15, 0.2) is 5.69 Å². The van der Waals surface area contributed by atoms with Crippen molar-refractivity contribution in [3.63, 3.8) is 0 Å². The number of anilines is 2. The number of hydrogen-bond donors (Lipinski definition) is 3.